The smallest absolute Gasteiger partial charge is 0.322 e. The highest BCUT2D eigenvalue weighted by Crippen LogP contribution is 2.14. The van der Waals surface area contributed by atoms with Gasteiger partial charge in [-0.05, 0) is 32.9 Å². The summed E-state index contributed by atoms with van der Waals surface area (Å²) in [6.07, 6.45) is 5.67. The van der Waals surface area contributed by atoms with E-state index in [9.17, 15) is 9.59 Å². The molecule has 0 aliphatic carbocycles. The molecule has 3 rings (SSSR count). The van der Waals surface area contributed by atoms with Gasteiger partial charge in [0.1, 0.15) is 5.82 Å². The summed E-state index contributed by atoms with van der Waals surface area (Å²) in [5.74, 6) is 0.616. The first-order valence-corrected chi connectivity index (χ1v) is 8.27. The molecular formula is C17H22N6O2. The third-order valence-electron chi connectivity index (χ3n) is 4.37. The third-order valence-corrected chi connectivity index (χ3v) is 4.37. The zero-order valence-corrected chi connectivity index (χ0v) is 15.1. The zero-order chi connectivity index (χ0) is 18.3. The maximum atomic E-state index is 12.7. The van der Waals surface area contributed by atoms with Gasteiger partial charge >= 0.3 is 5.69 Å². The minimum Gasteiger partial charge on any atom is -0.322 e. The van der Waals surface area contributed by atoms with Crippen molar-refractivity contribution >= 4 is 23.3 Å². The van der Waals surface area contributed by atoms with Crippen molar-refractivity contribution in [3.63, 3.8) is 0 Å². The Hall–Kier alpha value is -2.90. The van der Waals surface area contributed by atoms with Crippen molar-refractivity contribution in [1.29, 1.82) is 0 Å². The van der Waals surface area contributed by atoms with Crippen LogP contribution in [0.4, 0.5) is 0 Å². The van der Waals surface area contributed by atoms with Crippen molar-refractivity contribution in [2.75, 3.05) is 0 Å². The summed E-state index contributed by atoms with van der Waals surface area (Å²) >= 11 is 0. The molecule has 8 nitrogen and oxygen atoms in total. The van der Waals surface area contributed by atoms with E-state index in [0.717, 1.165) is 11.3 Å². The summed E-state index contributed by atoms with van der Waals surface area (Å²) in [6, 6.07) is 0. The Balaban J connectivity index is 2.23. The Morgan fingerprint density at radius 3 is 2.32 bits per heavy atom. The molecule has 0 aromatic carbocycles. The maximum absolute atomic E-state index is 12.7. The first kappa shape index (κ1) is 16.9. The standard InChI is InChI=1S/C17H22N6O2/c1-6-22-15-14(16(24)23(7-2)17(22)25)21(5)13(18-15)9-8-12-10-20(4)19-11(12)3/h8-10H,6-7H2,1-5H3/b9-8+. The lowest BCUT2D eigenvalue weighted by atomic mass is 10.2. The Kier molecular flexibility index (Phi) is 4.20. The Labute approximate surface area is 144 Å². The summed E-state index contributed by atoms with van der Waals surface area (Å²) in [5.41, 5.74) is 2.13. The van der Waals surface area contributed by atoms with Gasteiger partial charge in [-0.3, -0.25) is 18.6 Å². The second-order valence-corrected chi connectivity index (χ2v) is 5.95. The fourth-order valence-electron chi connectivity index (χ4n) is 3.04. The van der Waals surface area contributed by atoms with E-state index >= 15 is 0 Å². The summed E-state index contributed by atoms with van der Waals surface area (Å²) < 4.78 is 6.26. The number of hydrogen-bond donors (Lipinski definition) is 0. The van der Waals surface area contributed by atoms with Gasteiger partial charge in [0, 0.05) is 38.9 Å². The van der Waals surface area contributed by atoms with E-state index in [1.54, 1.807) is 23.2 Å². The Bertz CT molecular complexity index is 1090. The van der Waals surface area contributed by atoms with Gasteiger partial charge in [-0.15, -0.1) is 0 Å². The number of aromatic nitrogens is 6. The van der Waals surface area contributed by atoms with Crippen LogP contribution < -0.4 is 11.2 Å². The molecule has 0 saturated carbocycles. The highest BCUT2D eigenvalue weighted by atomic mass is 16.2. The molecule has 0 N–H and O–H groups in total. The van der Waals surface area contributed by atoms with Crippen LogP contribution in [-0.2, 0) is 27.2 Å². The number of fused-ring (bicyclic) bond motifs is 1. The van der Waals surface area contributed by atoms with E-state index in [2.05, 4.69) is 10.1 Å². The topological polar surface area (TPSA) is 79.6 Å². The summed E-state index contributed by atoms with van der Waals surface area (Å²) in [4.78, 5) is 29.7. The van der Waals surface area contributed by atoms with E-state index in [0.29, 0.717) is 30.1 Å². The molecule has 3 heterocycles. The highest BCUT2D eigenvalue weighted by Gasteiger charge is 2.17. The fourth-order valence-corrected chi connectivity index (χ4v) is 3.04. The van der Waals surface area contributed by atoms with Crippen LogP contribution in [0.25, 0.3) is 23.3 Å². The zero-order valence-electron chi connectivity index (χ0n) is 15.1. The van der Waals surface area contributed by atoms with Gasteiger partial charge in [-0.25, -0.2) is 9.78 Å². The molecule has 0 bridgehead atoms. The van der Waals surface area contributed by atoms with E-state index in [1.807, 2.05) is 39.2 Å². The number of hydrogen-bond acceptors (Lipinski definition) is 4. The molecule has 0 aliphatic heterocycles. The van der Waals surface area contributed by atoms with Gasteiger partial charge in [-0.2, -0.15) is 5.10 Å². The molecule has 0 amide bonds. The summed E-state index contributed by atoms with van der Waals surface area (Å²) in [7, 11) is 3.66. The Morgan fingerprint density at radius 1 is 1.08 bits per heavy atom. The van der Waals surface area contributed by atoms with Crippen molar-refractivity contribution in [2.45, 2.75) is 33.9 Å². The number of aryl methyl sites for hydroxylation is 4. The second-order valence-electron chi connectivity index (χ2n) is 5.95. The molecule has 0 aliphatic rings. The quantitative estimate of drug-likeness (QED) is 0.712. The lowest BCUT2D eigenvalue weighted by Gasteiger charge is -2.08. The first-order chi connectivity index (χ1) is 11.9. The van der Waals surface area contributed by atoms with Crippen molar-refractivity contribution in [2.24, 2.45) is 14.1 Å². The molecule has 0 unspecified atom stereocenters. The minimum absolute atomic E-state index is 0.306. The number of rotatable bonds is 4. The van der Waals surface area contributed by atoms with Crippen LogP contribution in [0.2, 0.25) is 0 Å². The van der Waals surface area contributed by atoms with Crippen LogP contribution >= 0.6 is 0 Å². The van der Waals surface area contributed by atoms with Gasteiger partial charge in [0.2, 0.25) is 0 Å². The van der Waals surface area contributed by atoms with Crippen molar-refractivity contribution in [3.05, 3.63) is 44.1 Å². The molecule has 0 radical (unpaired) electrons. The van der Waals surface area contributed by atoms with Crippen LogP contribution in [0.3, 0.4) is 0 Å². The van der Waals surface area contributed by atoms with Crippen LogP contribution in [0, 0.1) is 6.92 Å². The first-order valence-electron chi connectivity index (χ1n) is 8.27. The second kappa shape index (κ2) is 6.19. The van der Waals surface area contributed by atoms with Crippen molar-refractivity contribution in [3.8, 4) is 0 Å². The predicted octanol–water partition coefficient (Wildman–Crippen LogP) is 1.15. The molecule has 25 heavy (non-hydrogen) atoms. The molecule has 3 aromatic rings. The molecule has 0 atom stereocenters. The molecule has 132 valence electrons. The monoisotopic (exact) mass is 342 g/mol. The van der Waals surface area contributed by atoms with E-state index in [1.165, 1.54) is 9.13 Å². The van der Waals surface area contributed by atoms with Gasteiger partial charge in [0.25, 0.3) is 5.56 Å². The van der Waals surface area contributed by atoms with Crippen LogP contribution in [-0.4, -0.2) is 28.5 Å². The van der Waals surface area contributed by atoms with Crippen LogP contribution in [0.15, 0.2) is 15.8 Å². The maximum Gasteiger partial charge on any atom is 0.332 e. The molecule has 0 spiro atoms. The van der Waals surface area contributed by atoms with Gasteiger partial charge in [0.05, 0.1) is 5.69 Å². The van der Waals surface area contributed by atoms with Crippen LogP contribution in [0.1, 0.15) is 30.9 Å². The molecule has 0 fully saturated rings. The van der Waals surface area contributed by atoms with Crippen LogP contribution in [0.5, 0.6) is 0 Å². The lowest BCUT2D eigenvalue weighted by molar-refractivity contribution is 0.604. The fraction of sp³-hybridized carbons (Fsp3) is 0.412. The Morgan fingerprint density at radius 2 is 1.76 bits per heavy atom. The summed E-state index contributed by atoms with van der Waals surface area (Å²) in [5, 5.41) is 4.30. The average Bonchev–Trinajstić information content (AvgIpc) is 3.05. The van der Waals surface area contributed by atoms with Crippen molar-refractivity contribution in [1.82, 2.24) is 28.5 Å². The molecule has 0 saturated heterocycles. The van der Waals surface area contributed by atoms with Crippen molar-refractivity contribution < 1.29 is 0 Å². The SMILES string of the molecule is CCn1c(=O)c2c(nc(/C=C/c3cn(C)nc3C)n2C)n(CC)c1=O. The average molecular weight is 342 g/mol. The number of nitrogens with zero attached hydrogens (tertiary/aromatic N) is 6. The predicted molar refractivity (Wildman–Crippen MR) is 97.5 cm³/mol. The van der Waals surface area contributed by atoms with Gasteiger partial charge in [0.15, 0.2) is 11.2 Å². The third kappa shape index (κ3) is 2.63. The van der Waals surface area contributed by atoms with Gasteiger partial charge in [-0.1, -0.05) is 0 Å². The van der Waals surface area contributed by atoms with Gasteiger partial charge < -0.3 is 4.57 Å². The molecule has 3 aromatic heterocycles. The highest BCUT2D eigenvalue weighted by molar-refractivity contribution is 5.76. The normalized spacial score (nSPS) is 11.9. The largest absolute Gasteiger partial charge is 0.332 e. The molecular weight excluding hydrogens is 320 g/mol. The van der Waals surface area contributed by atoms with E-state index in [4.69, 9.17) is 0 Å². The van der Waals surface area contributed by atoms with E-state index in [-0.39, 0.29) is 11.2 Å². The van der Waals surface area contributed by atoms with E-state index < -0.39 is 0 Å². The lowest BCUT2D eigenvalue weighted by Crippen LogP contribution is -2.39. The molecule has 8 heteroatoms. The number of imidazole rings is 1. The minimum atomic E-state index is -0.320. The summed E-state index contributed by atoms with van der Waals surface area (Å²) in [6.45, 7) is 6.38.